The standard InChI is InChI=1S/C27H16N2O/c1-2-9-20-18(7-1)22(16-29-24-11-5-4-10-23(24)28-27(20)29)17-13-14-26-21(15-17)19-8-3-6-12-25(19)30-26/h1-16H. The Bertz CT molecular complexity index is 1750. The van der Waals surface area contributed by atoms with Gasteiger partial charge in [0, 0.05) is 27.9 Å². The number of aromatic nitrogens is 2. The summed E-state index contributed by atoms with van der Waals surface area (Å²) in [7, 11) is 0. The molecular formula is C27H16N2O. The Morgan fingerprint density at radius 3 is 2.30 bits per heavy atom. The molecule has 0 aliphatic carbocycles. The van der Waals surface area contributed by atoms with Crippen LogP contribution in [-0.2, 0) is 0 Å². The summed E-state index contributed by atoms with van der Waals surface area (Å²) < 4.78 is 8.24. The lowest BCUT2D eigenvalue weighted by atomic mass is 9.99. The largest absolute Gasteiger partial charge is 0.456 e. The van der Waals surface area contributed by atoms with Gasteiger partial charge in [0.15, 0.2) is 0 Å². The molecule has 0 saturated carbocycles. The Hall–Kier alpha value is -4.11. The molecule has 140 valence electrons. The number of para-hydroxylation sites is 3. The van der Waals surface area contributed by atoms with Crippen LogP contribution in [0.3, 0.4) is 0 Å². The molecule has 7 aromatic rings. The van der Waals surface area contributed by atoms with Gasteiger partial charge in [-0.1, -0.05) is 60.7 Å². The molecule has 0 aliphatic heterocycles. The van der Waals surface area contributed by atoms with Gasteiger partial charge in [0.1, 0.15) is 16.8 Å². The molecule has 0 amide bonds. The minimum absolute atomic E-state index is 0.915. The van der Waals surface area contributed by atoms with Crippen LogP contribution in [0.1, 0.15) is 0 Å². The first-order valence-electron chi connectivity index (χ1n) is 10.1. The fourth-order valence-corrected chi connectivity index (χ4v) is 4.60. The van der Waals surface area contributed by atoms with Crippen molar-refractivity contribution in [3.8, 4) is 11.1 Å². The predicted molar refractivity (Wildman–Crippen MR) is 123 cm³/mol. The zero-order chi connectivity index (χ0) is 19.7. The lowest BCUT2D eigenvalue weighted by molar-refractivity contribution is 0.669. The summed E-state index contributed by atoms with van der Waals surface area (Å²) in [6, 6.07) is 31.5. The normalized spacial score (nSPS) is 12.0. The SMILES string of the molecule is c1ccc2c(c1)nc1c3ccccc3c(-c3ccc4oc5ccccc5c4c3)cn21. The molecule has 30 heavy (non-hydrogen) atoms. The first kappa shape index (κ1) is 15.8. The van der Waals surface area contributed by atoms with Crippen LogP contribution in [0.4, 0.5) is 0 Å². The molecule has 0 bridgehead atoms. The Kier molecular flexibility index (Phi) is 3.00. The molecule has 0 aliphatic rings. The number of fused-ring (bicyclic) bond motifs is 8. The van der Waals surface area contributed by atoms with E-state index in [0.29, 0.717) is 0 Å². The second-order valence-electron chi connectivity index (χ2n) is 7.69. The molecule has 0 unspecified atom stereocenters. The Morgan fingerprint density at radius 1 is 0.633 bits per heavy atom. The molecule has 0 radical (unpaired) electrons. The second kappa shape index (κ2) is 5.71. The molecule has 3 heterocycles. The highest BCUT2D eigenvalue weighted by molar-refractivity contribution is 6.09. The van der Waals surface area contributed by atoms with Crippen molar-refractivity contribution in [1.29, 1.82) is 0 Å². The van der Waals surface area contributed by atoms with E-state index in [4.69, 9.17) is 9.40 Å². The summed E-state index contributed by atoms with van der Waals surface area (Å²) in [5, 5.41) is 4.64. The molecule has 3 aromatic heterocycles. The van der Waals surface area contributed by atoms with Crippen molar-refractivity contribution in [3.05, 3.63) is 97.2 Å². The first-order chi connectivity index (χ1) is 14.9. The van der Waals surface area contributed by atoms with Crippen molar-refractivity contribution in [2.45, 2.75) is 0 Å². The van der Waals surface area contributed by atoms with E-state index in [9.17, 15) is 0 Å². The summed E-state index contributed by atoms with van der Waals surface area (Å²) in [5.41, 5.74) is 7.32. The van der Waals surface area contributed by atoms with Crippen LogP contribution in [0, 0.1) is 0 Å². The van der Waals surface area contributed by atoms with E-state index in [1.54, 1.807) is 0 Å². The van der Waals surface area contributed by atoms with Gasteiger partial charge in [-0.05, 0) is 41.3 Å². The number of imidazole rings is 1. The van der Waals surface area contributed by atoms with Gasteiger partial charge < -0.3 is 4.42 Å². The monoisotopic (exact) mass is 384 g/mol. The molecule has 3 nitrogen and oxygen atoms in total. The summed E-state index contributed by atoms with van der Waals surface area (Å²) in [5.74, 6) is 0. The van der Waals surface area contributed by atoms with E-state index in [0.717, 1.165) is 44.0 Å². The summed E-state index contributed by atoms with van der Waals surface area (Å²) in [6.07, 6.45) is 2.22. The fraction of sp³-hybridized carbons (Fsp3) is 0. The van der Waals surface area contributed by atoms with Crippen molar-refractivity contribution < 1.29 is 4.42 Å². The van der Waals surface area contributed by atoms with Gasteiger partial charge >= 0.3 is 0 Å². The number of pyridine rings is 1. The molecule has 7 rings (SSSR count). The maximum Gasteiger partial charge on any atom is 0.145 e. The smallest absolute Gasteiger partial charge is 0.145 e. The summed E-state index contributed by atoms with van der Waals surface area (Å²) in [6.45, 7) is 0. The molecule has 0 atom stereocenters. The summed E-state index contributed by atoms with van der Waals surface area (Å²) >= 11 is 0. The predicted octanol–water partition coefficient (Wildman–Crippen LogP) is 7.21. The van der Waals surface area contributed by atoms with E-state index in [-0.39, 0.29) is 0 Å². The van der Waals surface area contributed by atoms with Crippen LogP contribution in [0.2, 0.25) is 0 Å². The van der Waals surface area contributed by atoms with Gasteiger partial charge in [-0.2, -0.15) is 0 Å². The number of benzene rings is 4. The number of hydrogen-bond acceptors (Lipinski definition) is 2. The Labute approximate surface area is 171 Å². The first-order valence-corrected chi connectivity index (χ1v) is 10.1. The molecule has 0 spiro atoms. The number of hydrogen-bond donors (Lipinski definition) is 0. The number of nitrogens with zero attached hydrogens (tertiary/aromatic N) is 2. The van der Waals surface area contributed by atoms with Crippen molar-refractivity contribution >= 4 is 49.4 Å². The average Bonchev–Trinajstić information content (AvgIpc) is 3.36. The highest BCUT2D eigenvalue weighted by atomic mass is 16.3. The van der Waals surface area contributed by atoms with Crippen LogP contribution in [0.15, 0.2) is 102 Å². The minimum Gasteiger partial charge on any atom is -0.456 e. The Balaban J connectivity index is 1.62. The molecule has 0 saturated heterocycles. The van der Waals surface area contributed by atoms with E-state index in [1.165, 1.54) is 16.5 Å². The lowest BCUT2D eigenvalue weighted by Crippen LogP contribution is -1.91. The number of rotatable bonds is 1. The molecule has 0 N–H and O–H groups in total. The quantitative estimate of drug-likeness (QED) is 0.299. The van der Waals surface area contributed by atoms with Gasteiger partial charge in [-0.15, -0.1) is 0 Å². The highest BCUT2D eigenvalue weighted by Gasteiger charge is 2.14. The molecule has 4 aromatic carbocycles. The molecular weight excluding hydrogens is 368 g/mol. The van der Waals surface area contributed by atoms with Crippen molar-refractivity contribution in [3.63, 3.8) is 0 Å². The zero-order valence-corrected chi connectivity index (χ0v) is 16.0. The zero-order valence-electron chi connectivity index (χ0n) is 16.0. The lowest BCUT2D eigenvalue weighted by Gasteiger charge is -2.10. The van der Waals surface area contributed by atoms with Gasteiger partial charge in [0.2, 0.25) is 0 Å². The van der Waals surface area contributed by atoms with E-state index >= 15 is 0 Å². The third-order valence-electron chi connectivity index (χ3n) is 6.00. The third-order valence-corrected chi connectivity index (χ3v) is 6.00. The molecule has 3 heteroatoms. The second-order valence-corrected chi connectivity index (χ2v) is 7.69. The van der Waals surface area contributed by atoms with Gasteiger partial charge in [-0.25, -0.2) is 4.98 Å². The Morgan fingerprint density at radius 2 is 1.37 bits per heavy atom. The summed E-state index contributed by atoms with van der Waals surface area (Å²) in [4.78, 5) is 4.91. The highest BCUT2D eigenvalue weighted by Crippen LogP contribution is 2.36. The maximum atomic E-state index is 6.03. The van der Waals surface area contributed by atoms with Crippen LogP contribution < -0.4 is 0 Å². The topological polar surface area (TPSA) is 30.4 Å². The van der Waals surface area contributed by atoms with E-state index in [1.807, 2.05) is 18.2 Å². The molecule has 0 fully saturated rings. The fourth-order valence-electron chi connectivity index (χ4n) is 4.60. The maximum absolute atomic E-state index is 6.03. The van der Waals surface area contributed by atoms with E-state index < -0.39 is 0 Å². The minimum atomic E-state index is 0.915. The van der Waals surface area contributed by atoms with Crippen molar-refractivity contribution in [1.82, 2.24) is 9.38 Å². The van der Waals surface area contributed by atoms with Crippen LogP contribution in [-0.4, -0.2) is 9.38 Å². The average molecular weight is 384 g/mol. The van der Waals surface area contributed by atoms with Crippen LogP contribution in [0.25, 0.3) is 60.5 Å². The van der Waals surface area contributed by atoms with Crippen molar-refractivity contribution in [2.24, 2.45) is 0 Å². The van der Waals surface area contributed by atoms with Crippen molar-refractivity contribution in [2.75, 3.05) is 0 Å². The van der Waals surface area contributed by atoms with Gasteiger partial charge in [0.25, 0.3) is 0 Å². The van der Waals surface area contributed by atoms with Crippen LogP contribution >= 0.6 is 0 Å². The van der Waals surface area contributed by atoms with Gasteiger partial charge in [0.05, 0.1) is 11.0 Å². The van der Waals surface area contributed by atoms with Gasteiger partial charge in [-0.3, -0.25) is 4.40 Å². The third kappa shape index (κ3) is 2.06. The van der Waals surface area contributed by atoms with E-state index in [2.05, 4.69) is 83.4 Å². The number of furan rings is 1. The van der Waals surface area contributed by atoms with Crippen LogP contribution in [0.5, 0.6) is 0 Å².